The van der Waals surface area contributed by atoms with Crippen LogP contribution in [0.5, 0.6) is 0 Å². The van der Waals surface area contributed by atoms with Gasteiger partial charge in [0, 0.05) is 23.9 Å². The van der Waals surface area contributed by atoms with Crippen LogP contribution in [0, 0.1) is 0 Å². The maximum absolute atomic E-state index is 10.1. The lowest BCUT2D eigenvalue weighted by atomic mass is 9.82. The maximum Gasteiger partial charge on any atom is 0.102 e. The second-order valence-electron chi connectivity index (χ2n) is 4.54. The highest BCUT2D eigenvalue weighted by Gasteiger charge is 2.30. The molecular formula is C12H20N2O2. The highest BCUT2D eigenvalue weighted by atomic mass is 16.3. The lowest BCUT2D eigenvalue weighted by molar-refractivity contribution is 0.0704. The molecule has 0 bridgehead atoms. The van der Waals surface area contributed by atoms with Crippen molar-refractivity contribution in [2.24, 2.45) is 0 Å². The Balaban J connectivity index is 2.69. The van der Waals surface area contributed by atoms with Gasteiger partial charge in [0.25, 0.3) is 0 Å². The lowest BCUT2D eigenvalue weighted by Crippen LogP contribution is -2.44. The van der Waals surface area contributed by atoms with Gasteiger partial charge in [-0.3, -0.25) is 10.3 Å². The molecule has 90 valence electrons. The first-order valence-electron chi connectivity index (χ1n) is 5.45. The third kappa shape index (κ3) is 3.27. The molecule has 2 atom stereocenters. The fraction of sp³-hybridized carbons (Fsp3) is 0.583. The second-order valence-corrected chi connectivity index (χ2v) is 4.54. The Morgan fingerprint density at radius 2 is 2.06 bits per heavy atom. The third-order valence-corrected chi connectivity index (χ3v) is 2.76. The van der Waals surface area contributed by atoms with Crippen LogP contribution in [0.1, 0.15) is 26.5 Å². The number of nitrogens with one attached hydrogen (secondary N) is 1. The monoisotopic (exact) mass is 224 g/mol. The highest BCUT2D eigenvalue weighted by molar-refractivity contribution is 5.16. The number of aliphatic hydroxyl groups excluding tert-OH is 2. The van der Waals surface area contributed by atoms with Crippen LogP contribution in [0.2, 0.25) is 0 Å². The molecule has 1 aromatic rings. The summed E-state index contributed by atoms with van der Waals surface area (Å²) in [6.45, 7) is 5.83. The molecule has 0 amide bonds. The van der Waals surface area contributed by atoms with Crippen LogP contribution < -0.4 is 5.32 Å². The highest BCUT2D eigenvalue weighted by Crippen LogP contribution is 2.24. The van der Waals surface area contributed by atoms with Gasteiger partial charge in [-0.25, -0.2) is 0 Å². The lowest BCUT2D eigenvalue weighted by Gasteiger charge is -2.30. The summed E-state index contributed by atoms with van der Waals surface area (Å²) in [4.78, 5) is 4.25. The summed E-state index contributed by atoms with van der Waals surface area (Å²) in [5.74, 6) is 0. The Morgan fingerprint density at radius 1 is 1.38 bits per heavy atom. The predicted octanol–water partition coefficient (Wildman–Crippen LogP) is 0.648. The summed E-state index contributed by atoms with van der Waals surface area (Å²) >= 11 is 0. The molecule has 0 aliphatic rings. The van der Waals surface area contributed by atoms with Crippen LogP contribution in [0.3, 0.4) is 0 Å². The first kappa shape index (κ1) is 13.1. The summed E-state index contributed by atoms with van der Waals surface area (Å²) in [6, 6.07) is 5.64. The van der Waals surface area contributed by atoms with Gasteiger partial charge in [0.05, 0.1) is 6.10 Å². The molecule has 1 rings (SSSR count). The van der Waals surface area contributed by atoms with E-state index in [9.17, 15) is 5.11 Å². The largest absolute Gasteiger partial charge is 0.391 e. The molecule has 3 N–H and O–H groups in total. The number of nitrogens with zero attached hydrogens (tertiary/aromatic N) is 1. The van der Waals surface area contributed by atoms with Crippen LogP contribution in [0.4, 0.5) is 0 Å². The maximum atomic E-state index is 10.1. The van der Waals surface area contributed by atoms with Gasteiger partial charge in [0.15, 0.2) is 0 Å². The van der Waals surface area contributed by atoms with E-state index in [1.165, 1.54) is 0 Å². The Morgan fingerprint density at radius 3 is 2.56 bits per heavy atom. The van der Waals surface area contributed by atoms with Gasteiger partial charge in [-0.1, -0.05) is 19.9 Å². The van der Waals surface area contributed by atoms with E-state index in [1.54, 1.807) is 13.1 Å². The Hall–Kier alpha value is -0.970. The van der Waals surface area contributed by atoms with Gasteiger partial charge in [0.2, 0.25) is 0 Å². The van der Waals surface area contributed by atoms with E-state index in [0.29, 0.717) is 6.54 Å². The average Bonchev–Trinajstić information content (AvgIpc) is 2.27. The normalized spacial score (nSPS) is 15.8. The van der Waals surface area contributed by atoms with Gasteiger partial charge in [-0.15, -0.1) is 0 Å². The van der Waals surface area contributed by atoms with Gasteiger partial charge in [-0.05, 0) is 19.1 Å². The van der Waals surface area contributed by atoms with Crippen LogP contribution in [-0.2, 0) is 5.41 Å². The van der Waals surface area contributed by atoms with Crippen molar-refractivity contribution in [2.75, 3.05) is 6.54 Å². The minimum absolute atomic E-state index is 0.335. The van der Waals surface area contributed by atoms with Gasteiger partial charge in [0.1, 0.15) is 6.23 Å². The van der Waals surface area contributed by atoms with Crippen molar-refractivity contribution in [1.29, 1.82) is 0 Å². The zero-order valence-corrected chi connectivity index (χ0v) is 10.0. The van der Waals surface area contributed by atoms with Crippen molar-refractivity contribution in [1.82, 2.24) is 10.3 Å². The zero-order chi connectivity index (χ0) is 12.2. The average molecular weight is 224 g/mol. The van der Waals surface area contributed by atoms with Crippen LogP contribution in [-0.4, -0.2) is 34.1 Å². The summed E-state index contributed by atoms with van der Waals surface area (Å²) in [5, 5.41) is 22.0. The third-order valence-electron chi connectivity index (χ3n) is 2.76. The fourth-order valence-corrected chi connectivity index (χ4v) is 1.45. The SMILES string of the molecule is CC(O)NC[C@H](O)C(C)(C)c1ccccn1. The standard InChI is InChI=1S/C12H20N2O2/c1-9(15)14-8-11(16)12(2,3)10-6-4-5-7-13-10/h4-7,9,11,14-16H,8H2,1-3H3/t9?,11-/m0/s1. The number of hydrogen-bond donors (Lipinski definition) is 3. The van der Waals surface area contributed by atoms with E-state index in [0.717, 1.165) is 5.69 Å². The van der Waals surface area contributed by atoms with Crippen LogP contribution in [0.25, 0.3) is 0 Å². The fourth-order valence-electron chi connectivity index (χ4n) is 1.45. The van der Waals surface area contributed by atoms with Crippen molar-refractivity contribution in [3.05, 3.63) is 30.1 Å². The molecule has 1 unspecified atom stereocenters. The summed E-state index contributed by atoms with van der Waals surface area (Å²) in [6.07, 6.45) is 0.498. The molecular weight excluding hydrogens is 204 g/mol. The van der Waals surface area contributed by atoms with Gasteiger partial charge < -0.3 is 10.2 Å². The zero-order valence-electron chi connectivity index (χ0n) is 10.0. The first-order chi connectivity index (χ1) is 7.44. The van der Waals surface area contributed by atoms with Crippen LogP contribution >= 0.6 is 0 Å². The summed E-state index contributed by atoms with van der Waals surface area (Å²) in [5.41, 5.74) is 0.401. The summed E-state index contributed by atoms with van der Waals surface area (Å²) < 4.78 is 0. The van der Waals surface area contributed by atoms with E-state index in [-0.39, 0.29) is 0 Å². The number of aliphatic hydroxyl groups is 2. The van der Waals surface area contributed by atoms with E-state index in [2.05, 4.69) is 10.3 Å². The number of hydrogen-bond acceptors (Lipinski definition) is 4. The molecule has 0 saturated carbocycles. The molecule has 16 heavy (non-hydrogen) atoms. The molecule has 0 fully saturated rings. The summed E-state index contributed by atoms with van der Waals surface area (Å²) in [7, 11) is 0. The number of aromatic nitrogens is 1. The molecule has 1 heterocycles. The van der Waals surface area contributed by atoms with E-state index in [1.807, 2.05) is 32.0 Å². The van der Waals surface area contributed by atoms with Crippen LogP contribution in [0.15, 0.2) is 24.4 Å². The Kier molecular flexibility index (Phi) is 4.41. The van der Waals surface area contributed by atoms with Crippen molar-refractivity contribution in [2.45, 2.75) is 38.5 Å². The Labute approximate surface area is 96.3 Å². The van der Waals surface area contributed by atoms with E-state index >= 15 is 0 Å². The quantitative estimate of drug-likeness (QED) is 0.642. The minimum Gasteiger partial charge on any atom is -0.391 e. The molecule has 0 aliphatic carbocycles. The molecule has 4 nitrogen and oxygen atoms in total. The molecule has 0 aromatic carbocycles. The molecule has 4 heteroatoms. The van der Waals surface area contributed by atoms with Crippen molar-refractivity contribution in [3.8, 4) is 0 Å². The molecule has 0 saturated heterocycles. The van der Waals surface area contributed by atoms with Gasteiger partial charge in [-0.2, -0.15) is 0 Å². The molecule has 0 spiro atoms. The molecule has 0 aliphatic heterocycles. The minimum atomic E-state index is -0.616. The van der Waals surface area contributed by atoms with Crippen molar-refractivity contribution < 1.29 is 10.2 Å². The van der Waals surface area contributed by atoms with E-state index in [4.69, 9.17) is 5.11 Å². The smallest absolute Gasteiger partial charge is 0.102 e. The van der Waals surface area contributed by atoms with Gasteiger partial charge >= 0.3 is 0 Å². The first-order valence-corrected chi connectivity index (χ1v) is 5.45. The predicted molar refractivity (Wildman–Crippen MR) is 63.0 cm³/mol. The number of rotatable bonds is 5. The second kappa shape index (κ2) is 5.39. The van der Waals surface area contributed by atoms with Crippen molar-refractivity contribution in [3.63, 3.8) is 0 Å². The molecule has 0 radical (unpaired) electrons. The van der Waals surface area contributed by atoms with Crippen molar-refractivity contribution >= 4 is 0 Å². The van der Waals surface area contributed by atoms with E-state index < -0.39 is 17.7 Å². The molecule has 1 aromatic heterocycles. The Bertz CT molecular complexity index is 312. The number of pyridine rings is 1. The topological polar surface area (TPSA) is 65.4 Å².